The zero-order valence-corrected chi connectivity index (χ0v) is 13.3. The van der Waals surface area contributed by atoms with Gasteiger partial charge in [0.2, 0.25) is 5.82 Å². The zero-order valence-electron chi connectivity index (χ0n) is 12.5. The Morgan fingerprint density at radius 2 is 2.33 bits per heavy atom. The summed E-state index contributed by atoms with van der Waals surface area (Å²) in [5, 5.41) is 23.0. The Hall–Kier alpha value is -1.89. The first-order valence-corrected chi connectivity index (χ1v) is 7.96. The van der Waals surface area contributed by atoms with Crippen LogP contribution in [0, 0.1) is 17.0 Å². The van der Waals surface area contributed by atoms with E-state index >= 15 is 0 Å². The molecule has 0 aliphatic rings. The molecule has 7 heteroatoms. The number of thiophene rings is 1. The van der Waals surface area contributed by atoms with E-state index in [0.29, 0.717) is 18.1 Å². The van der Waals surface area contributed by atoms with Gasteiger partial charge in [-0.05, 0) is 49.1 Å². The van der Waals surface area contributed by atoms with Gasteiger partial charge >= 0.3 is 5.69 Å². The molecule has 6 nitrogen and oxygen atoms in total. The number of nitrogens with one attached hydrogen (secondary N) is 1. The van der Waals surface area contributed by atoms with Crippen LogP contribution in [0.4, 0.5) is 11.5 Å². The Bertz CT molecular complexity index is 607. The van der Waals surface area contributed by atoms with E-state index in [2.05, 4.69) is 21.9 Å². The summed E-state index contributed by atoms with van der Waals surface area (Å²) in [6, 6.07) is 2.18. The first-order valence-electron chi connectivity index (χ1n) is 7.02. The van der Waals surface area contributed by atoms with Gasteiger partial charge in [0.15, 0.2) is 0 Å². The van der Waals surface area contributed by atoms with Gasteiger partial charge in [-0.25, -0.2) is 4.68 Å². The number of nitrogens with zero attached hydrogens (tertiary/aromatic N) is 3. The Labute approximate surface area is 127 Å². The second-order valence-corrected chi connectivity index (χ2v) is 5.92. The molecule has 2 aromatic heterocycles. The summed E-state index contributed by atoms with van der Waals surface area (Å²) in [7, 11) is 0. The second-order valence-electron chi connectivity index (χ2n) is 5.14. The van der Waals surface area contributed by atoms with Crippen LogP contribution < -0.4 is 5.32 Å². The van der Waals surface area contributed by atoms with Crippen LogP contribution >= 0.6 is 11.3 Å². The molecule has 114 valence electrons. The van der Waals surface area contributed by atoms with Gasteiger partial charge in [0, 0.05) is 12.6 Å². The Morgan fingerprint density at radius 3 is 2.90 bits per heavy atom. The maximum absolute atomic E-state index is 11.3. The van der Waals surface area contributed by atoms with Crippen molar-refractivity contribution in [1.82, 2.24) is 9.78 Å². The number of hydrogen-bond donors (Lipinski definition) is 1. The van der Waals surface area contributed by atoms with Crippen LogP contribution in [-0.2, 0) is 13.0 Å². The summed E-state index contributed by atoms with van der Waals surface area (Å²) in [5.74, 6) is 0.516. The van der Waals surface area contributed by atoms with E-state index in [1.807, 2.05) is 19.2 Å². The summed E-state index contributed by atoms with van der Waals surface area (Å²) in [4.78, 5) is 10.9. The van der Waals surface area contributed by atoms with Gasteiger partial charge in [0.1, 0.15) is 5.69 Å². The van der Waals surface area contributed by atoms with E-state index in [-0.39, 0.29) is 16.7 Å². The lowest BCUT2D eigenvalue weighted by molar-refractivity contribution is -0.384. The van der Waals surface area contributed by atoms with Crippen molar-refractivity contribution >= 4 is 22.8 Å². The van der Waals surface area contributed by atoms with Crippen molar-refractivity contribution in [3.8, 4) is 0 Å². The molecule has 0 bridgehead atoms. The van der Waals surface area contributed by atoms with Crippen molar-refractivity contribution in [1.29, 1.82) is 0 Å². The first-order chi connectivity index (χ1) is 10.0. The summed E-state index contributed by atoms with van der Waals surface area (Å²) < 4.78 is 1.71. The van der Waals surface area contributed by atoms with Crippen molar-refractivity contribution in [3.05, 3.63) is 38.2 Å². The molecule has 0 aliphatic heterocycles. The standard InChI is InChI=1S/C14H20N4O2S/c1-4-6-17-14(13(18(19)20)11(3)16-17)15-10(2)8-12-5-7-21-9-12/h5,7,9-10,15H,4,6,8H2,1-3H3. The fraction of sp³-hybridized carbons (Fsp3) is 0.500. The quantitative estimate of drug-likeness (QED) is 0.626. The van der Waals surface area contributed by atoms with Crippen LogP contribution in [0.5, 0.6) is 0 Å². The Morgan fingerprint density at radius 1 is 1.57 bits per heavy atom. The van der Waals surface area contributed by atoms with E-state index in [1.54, 1.807) is 22.9 Å². The third kappa shape index (κ3) is 3.60. The third-order valence-corrected chi connectivity index (χ3v) is 3.95. The van der Waals surface area contributed by atoms with Crippen molar-refractivity contribution in [3.63, 3.8) is 0 Å². The highest BCUT2D eigenvalue weighted by atomic mass is 32.1. The highest BCUT2D eigenvalue weighted by Gasteiger charge is 2.26. The van der Waals surface area contributed by atoms with Crippen molar-refractivity contribution in [2.75, 3.05) is 5.32 Å². The Balaban J connectivity index is 2.22. The van der Waals surface area contributed by atoms with Gasteiger partial charge in [-0.15, -0.1) is 0 Å². The predicted octanol–water partition coefficient (Wildman–Crippen LogP) is 3.61. The molecule has 0 fully saturated rings. The molecule has 2 aromatic rings. The number of aromatic nitrogens is 2. The number of aryl methyl sites for hydroxylation is 2. The van der Waals surface area contributed by atoms with E-state index in [9.17, 15) is 10.1 Å². The van der Waals surface area contributed by atoms with Crippen molar-refractivity contribution < 1.29 is 4.92 Å². The van der Waals surface area contributed by atoms with Gasteiger partial charge in [-0.1, -0.05) is 6.92 Å². The smallest absolute Gasteiger partial charge is 0.333 e. The molecule has 1 N–H and O–H groups in total. The molecular formula is C14H20N4O2S. The lowest BCUT2D eigenvalue weighted by Crippen LogP contribution is -2.21. The molecule has 2 heterocycles. The third-order valence-electron chi connectivity index (χ3n) is 3.22. The van der Waals surface area contributed by atoms with Gasteiger partial charge < -0.3 is 5.32 Å². The molecular weight excluding hydrogens is 288 g/mol. The Kier molecular flexibility index (Phi) is 4.95. The minimum absolute atomic E-state index is 0.0839. The molecule has 0 saturated carbocycles. The average molecular weight is 308 g/mol. The van der Waals surface area contributed by atoms with Crippen LogP contribution in [0.3, 0.4) is 0 Å². The maximum Gasteiger partial charge on any atom is 0.333 e. The van der Waals surface area contributed by atoms with Crippen LogP contribution in [0.15, 0.2) is 16.8 Å². The number of hydrogen-bond acceptors (Lipinski definition) is 5. The minimum Gasteiger partial charge on any atom is -0.362 e. The first kappa shape index (κ1) is 15.5. The largest absolute Gasteiger partial charge is 0.362 e. The van der Waals surface area contributed by atoms with E-state index < -0.39 is 0 Å². The molecule has 0 aromatic carbocycles. The maximum atomic E-state index is 11.3. The van der Waals surface area contributed by atoms with Crippen LogP contribution in [0.25, 0.3) is 0 Å². The van der Waals surface area contributed by atoms with Crippen molar-refractivity contribution in [2.45, 2.75) is 46.2 Å². The number of nitro groups is 1. The monoisotopic (exact) mass is 308 g/mol. The van der Waals surface area contributed by atoms with E-state index in [0.717, 1.165) is 12.8 Å². The molecule has 0 aliphatic carbocycles. The summed E-state index contributed by atoms with van der Waals surface area (Å²) in [6.45, 7) is 6.41. The average Bonchev–Trinajstić information content (AvgIpc) is 2.99. The molecule has 21 heavy (non-hydrogen) atoms. The van der Waals surface area contributed by atoms with Gasteiger partial charge in [0.05, 0.1) is 4.92 Å². The molecule has 1 unspecified atom stereocenters. The van der Waals surface area contributed by atoms with Crippen molar-refractivity contribution in [2.24, 2.45) is 0 Å². The summed E-state index contributed by atoms with van der Waals surface area (Å²) in [6.07, 6.45) is 1.71. The van der Waals surface area contributed by atoms with Gasteiger partial charge in [-0.2, -0.15) is 16.4 Å². The van der Waals surface area contributed by atoms with E-state index in [1.165, 1.54) is 5.56 Å². The molecule has 0 spiro atoms. The number of rotatable bonds is 7. The highest BCUT2D eigenvalue weighted by molar-refractivity contribution is 7.07. The van der Waals surface area contributed by atoms with Crippen LogP contribution in [0.2, 0.25) is 0 Å². The second kappa shape index (κ2) is 6.71. The lowest BCUT2D eigenvalue weighted by Gasteiger charge is -2.15. The fourth-order valence-electron chi connectivity index (χ4n) is 2.35. The summed E-state index contributed by atoms with van der Waals surface area (Å²) >= 11 is 1.66. The molecule has 1 atom stereocenters. The lowest BCUT2D eigenvalue weighted by atomic mass is 10.1. The normalized spacial score (nSPS) is 12.3. The minimum atomic E-state index is -0.353. The van der Waals surface area contributed by atoms with Crippen LogP contribution in [-0.4, -0.2) is 20.7 Å². The molecule has 0 radical (unpaired) electrons. The van der Waals surface area contributed by atoms with Gasteiger partial charge in [-0.3, -0.25) is 10.1 Å². The molecule has 2 rings (SSSR count). The van der Waals surface area contributed by atoms with E-state index in [4.69, 9.17) is 0 Å². The van der Waals surface area contributed by atoms with Gasteiger partial charge in [0.25, 0.3) is 0 Å². The SMILES string of the molecule is CCCn1nc(C)c([N+](=O)[O-])c1NC(C)Cc1ccsc1. The molecule has 0 amide bonds. The highest BCUT2D eigenvalue weighted by Crippen LogP contribution is 2.29. The fourth-order valence-corrected chi connectivity index (χ4v) is 3.04. The van der Waals surface area contributed by atoms with Crippen LogP contribution in [0.1, 0.15) is 31.5 Å². The number of anilines is 1. The predicted molar refractivity (Wildman–Crippen MR) is 85.0 cm³/mol. The summed E-state index contributed by atoms with van der Waals surface area (Å²) in [5.41, 5.74) is 1.78. The zero-order chi connectivity index (χ0) is 15.4. The topological polar surface area (TPSA) is 73.0 Å². The molecule has 0 saturated heterocycles.